The van der Waals surface area contributed by atoms with Gasteiger partial charge in [-0.25, -0.2) is 0 Å². The number of carboxylic acids is 1. The van der Waals surface area contributed by atoms with Crippen molar-refractivity contribution in [2.75, 3.05) is 19.7 Å². The zero-order valence-electron chi connectivity index (χ0n) is 13.2. The van der Waals surface area contributed by atoms with E-state index in [1.165, 1.54) is 0 Å². The molecule has 122 valence electrons. The van der Waals surface area contributed by atoms with Crippen LogP contribution in [0, 0.1) is 13.8 Å². The molecule has 1 aliphatic rings. The van der Waals surface area contributed by atoms with E-state index in [1.54, 1.807) is 11.0 Å². The normalized spacial score (nSPS) is 18.3. The number of carbonyl (C=O) groups excluding carboxylic acids is 1. The van der Waals surface area contributed by atoms with Crippen LogP contribution in [0.4, 0.5) is 0 Å². The van der Waals surface area contributed by atoms with Crippen LogP contribution in [0.2, 0.25) is 0 Å². The zero-order valence-corrected chi connectivity index (χ0v) is 13.2. The molecule has 2 aromatic rings. The fourth-order valence-electron chi connectivity index (χ4n) is 2.79. The number of morpholine rings is 1. The lowest BCUT2D eigenvalue weighted by Gasteiger charge is -2.31. The van der Waals surface area contributed by atoms with Gasteiger partial charge in [0, 0.05) is 18.5 Å². The summed E-state index contributed by atoms with van der Waals surface area (Å²) in [4.78, 5) is 25.0. The van der Waals surface area contributed by atoms with Gasteiger partial charge in [-0.2, -0.15) is 0 Å². The Bertz CT molecular complexity index is 725. The van der Waals surface area contributed by atoms with Crippen LogP contribution in [0.5, 0.6) is 0 Å². The highest BCUT2D eigenvalue weighted by Crippen LogP contribution is 2.24. The van der Waals surface area contributed by atoms with Gasteiger partial charge in [0.2, 0.25) is 0 Å². The maximum absolute atomic E-state index is 12.6. The van der Waals surface area contributed by atoms with Gasteiger partial charge in [0.1, 0.15) is 5.58 Å². The van der Waals surface area contributed by atoms with Crippen molar-refractivity contribution >= 4 is 22.8 Å². The molecule has 2 heterocycles. The highest BCUT2D eigenvalue weighted by Gasteiger charge is 2.28. The molecule has 1 saturated heterocycles. The van der Waals surface area contributed by atoms with E-state index < -0.39 is 12.1 Å². The van der Waals surface area contributed by atoms with Crippen molar-refractivity contribution in [1.82, 2.24) is 4.90 Å². The summed E-state index contributed by atoms with van der Waals surface area (Å²) in [5, 5.41) is 9.75. The number of benzene rings is 1. The average molecular weight is 317 g/mol. The van der Waals surface area contributed by atoms with Gasteiger partial charge in [0.05, 0.1) is 19.1 Å². The standard InChI is InChI=1S/C17H19NO5/c1-10-5-12-7-15(23-14(12)6-11(10)2)17(21)18-3-4-22-13(9-18)8-16(19)20/h5-7,13H,3-4,8-9H2,1-2H3,(H,19,20)/t13-/m1/s1. The van der Waals surface area contributed by atoms with Gasteiger partial charge in [-0.3, -0.25) is 9.59 Å². The zero-order chi connectivity index (χ0) is 16.6. The van der Waals surface area contributed by atoms with Crippen LogP contribution in [0.15, 0.2) is 22.6 Å². The summed E-state index contributed by atoms with van der Waals surface area (Å²) < 4.78 is 11.1. The van der Waals surface area contributed by atoms with E-state index in [0.717, 1.165) is 16.5 Å². The minimum Gasteiger partial charge on any atom is -0.481 e. The Balaban J connectivity index is 1.81. The number of hydrogen-bond donors (Lipinski definition) is 1. The molecular formula is C17H19NO5. The Morgan fingerprint density at radius 2 is 2.00 bits per heavy atom. The van der Waals surface area contributed by atoms with Crippen molar-refractivity contribution in [3.63, 3.8) is 0 Å². The molecule has 0 spiro atoms. The second-order valence-electron chi connectivity index (χ2n) is 5.93. The molecular weight excluding hydrogens is 298 g/mol. The number of rotatable bonds is 3. The third kappa shape index (κ3) is 3.22. The van der Waals surface area contributed by atoms with E-state index in [1.807, 2.05) is 26.0 Å². The molecule has 3 rings (SSSR count). The van der Waals surface area contributed by atoms with E-state index in [-0.39, 0.29) is 24.6 Å². The van der Waals surface area contributed by atoms with Gasteiger partial charge < -0.3 is 19.2 Å². The summed E-state index contributed by atoms with van der Waals surface area (Å²) in [6, 6.07) is 5.66. The molecule has 6 heteroatoms. The Kier molecular flexibility index (Phi) is 4.09. The number of nitrogens with zero attached hydrogens (tertiary/aromatic N) is 1. The number of carboxylic acid groups (broad SMARTS) is 1. The Hall–Kier alpha value is -2.34. The summed E-state index contributed by atoms with van der Waals surface area (Å²) in [5.74, 6) is -0.879. The molecule has 6 nitrogen and oxygen atoms in total. The maximum Gasteiger partial charge on any atom is 0.306 e. The average Bonchev–Trinajstić information content (AvgIpc) is 2.89. The second-order valence-corrected chi connectivity index (χ2v) is 5.93. The van der Waals surface area contributed by atoms with Crippen LogP contribution in [-0.4, -0.2) is 47.7 Å². The number of fused-ring (bicyclic) bond motifs is 1. The van der Waals surface area contributed by atoms with E-state index >= 15 is 0 Å². The van der Waals surface area contributed by atoms with Crippen molar-refractivity contribution in [3.8, 4) is 0 Å². The molecule has 0 bridgehead atoms. The maximum atomic E-state index is 12.6. The van der Waals surface area contributed by atoms with Gasteiger partial charge in [-0.15, -0.1) is 0 Å². The van der Waals surface area contributed by atoms with E-state index in [0.29, 0.717) is 18.7 Å². The number of hydrogen-bond acceptors (Lipinski definition) is 4. The fraction of sp³-hybridized carbons (Fsp3) is 0.412. The van der Waals surface area contributed by atoms with Crippen molar-refractivity contribution in [2.45, 2.75) is 26.4 Å². The summed E-state index contributed by atoms with van der Waals surface area (Å²) in [5.41, 5.74) is 2.94. The smallest absolute Gasteiger partial charge is 0.306 e. The number of amides is 1. The summed E-state index contributed by atoms with van der Waals surface area (Å²) in [7, 11) is 0. The highest BCUT2D eigenvalue weighted by atomic mass is 16.5. The lowest BCUT2D eigenvalue weighted by atomic mass is 10.1. The third-order valence-electron chi connectivity index (χ3n) is 4.17. The molecule has 23 heavy (non-hydrogen) atoms. The van der Waals surface area contributed by atoms with Gasteiger partial charge in [-0.05, 0) is 43.2 Å². The van der Waals surface area contributed by atoms with E-state index in [2.05, 4.69) is 0 Å². The van der Waals surface area contributed by atoms with Crippen LogP contribution < -0.4 is 0 Å². The van der Waals surface area contributed by atoms with Gasteiger partial charge in [0.25, 0.3) is 5.91 Å². The van der Waals surface area contributed by atoms with Crippen LogP contribution in [0.25, 0.3) is 11.0 Å². The molecule has 1 fully saturated rings. The molecule has 1 atom stereocenters. The summed E-state index contributed by atoms with van der Waals surface area (Å²) in [6.07, 6.45) is -0.582. The summed E-state index contributed by atoms with van der Waals surface area (Å²) in [6.45, 7) is 5.05. The molecule has 0 radical (unpaired) electrons. The van der Waals surface area contributed by atoms with Crippen LogP contribution in [-0.2, 0) is 9.53 Å². The van der Waals surface area contributed by atoms with Crippen molar-refractivity contribution in [1.29, 1.82) is 0 Å². The number of ether oxygens (including phenoxy) is 1. The largest absolute Gasteiger partial charge is 0.481 e. The first-order valence-corrected chi connectivity index (χ1v) is 7.57. The van der Waals surface area contributed by atoms with Gasteiger partial charge in [-0.1, -0.05) is 0 Å². The molecule has 1 amide bonds. The van der Waals surface area contributed by atoms with Gasteiger partial charge in [0.15, 0.2) is 5.76 Å². The topological polar surface area (TPSA) is 80.0 Å². The quantitative estimate of drug-likeness (QED) is 0.940. The summed E-state index contributed by atoms with van der Waals surface area (Å²) >= 11 is 0. The number of aliphatic carboxylic acids is 1. The van der Waals surface area contributed by atoms with Gasteiger partial charge >= 0.3 is 5.97 Å². The second kappa shape index (κ2) is 6.04. The van der Waals surface area contributed by atoms with E-state index in [9.17, 15) is 9.59 Å². The minimum absolute atomic E-state index is 0.109. The highest BCUT2D eigenvalue weighted by molar-refractivity contribution is 5.96. The molecule has 1 aromatic heterocycles. The first-order chi connectivity index (χ1) is 10.9. The number of furan rings is 1. The lowest BCUT2D eigenvalue weighted by Crippen LogP contribution is -2.46. The lowest BCUT2D eigenvalue weighted by molar-refractivity contribution is -0.141. The Morgan fingerprint density at radius 1 is 1.26 bits per heavy atom. The van der Waals surface area contributed by atoms with Crippen molar-refractivity contribution in [3.05, 3.63) is 35.1 Å². The monoisotopic (exact) mass is 317 g/mol. The first-order valence-electron chi connectivity index (χ1n) is 7.57. The molecule has 1 N–H and O–H groups in total. The van der Waals surface area contributed by atoms with E-state index in [4.69, 9.17) is 14.3 Å². The predicted molar refractivity (Wildman–Crippen MR) is 83.6 cm³/mol. The SMILES string of the molecule is Cc1cc2cc(C(=O)N3CCO[C@H](CC(=O)O)C3)oc2cc1C. The van der Waals surface area contributed by atoms with Crippen LogP contribution in [0.3, 0.4) is 0 Å². The molecule has 0 unspecified atom stereocenters. The number of aryl methyl sites for hydroxylation is 2. The Morgan fingerprint density at radius 3 is 2.74 bits per heavy atom. The first kappa shape index (κ1) is 15.6. The van der Waals surface area contributed by atoms with Crippen molar-refractivity contribution < 1.29 is 23.8 Å². The molecule has 0 saturated carbocycles. The predicted octanol–water partition coefficient (Wildman–Crippen LogP) is 2.37. The van der Waals surface area contributed by atoms with Crippen LogP contribution in [0.1, 0.15) is 28.1 Å². The molecule has 1 aromatic carbocycles. The molecule has 1 aliphatic heterocycles. The Labute approximate surface area is 133 Å². The molecule has 0 aliphatic carbocycles. The number of carbonyl (C=O) groups is 2. The minimum atomic E-state index is -0.931. The van der Waals surface area contributed by atoms with Crippen LogP contribution >= 0.6 is 0 Å². The van der Waals surface area contributed by atoms with Crippen molar-refractivity contribution in [2.24, 2.45) is 0 Å². The third-order valence-corrected chi connectivity index (χ3v) is 4.17. The fourth-order valence-corrected chi connectivity index (χ4v) is 2.79.